The first-order valence-corrected chi connectivity index (χ1v) is 5.28. The molecule has 0 saturated heterocycles. The van der Waals surface area contributed by atoms with E-state index in [0.29, 0.717) is 5.15 Å². The number of hydrogen-bond acceptors (Lipinski definition) is 2. The fraction of sp³-hybridized carbons (Fsp3) is 0. The Kier molecular flexibility index (Phi) is 2.11. The minimum absolute atomic E-state index is 0.493. The molecule has 3 nitrogen and oxygen atoms in total. The zero-order chi connectivity index (χ0) is 11.0. The van der Waals surface area contributed by atoms with Crippen molar-refractivity contribution in [2.24, 2.45) is 0 Å². The highest BCUT2D eigenvalue weighted by Gasteiger charge is 2.06. The molecule has 0 saturated carbocycles. The highest BCUT2D eigenvalue weighted by atomic mass is 35.5. The summed E-state index contributed by atoms with van der Waals surface area (Å²) in [4.78, 5) is 4.28. The smallest absolute Gasteiger partial charge is 0.129 e. The number of nitrogens with zero attached hydrogens (tertiary/aromatic N) is 3. The van der Waals surface area contributed by atoms with Crippen molar-refractivity contribution in [3.8, 4) is 11.3 Å². The van der Waals surface area contributed by atoms with Crippen LogP contribution in [0.25, 0.3) is 16.8 Å². The molecular formula is C12H8ClN3. The van der Waals surface area contributed by atoms with Crippen LogP contribution in [0, 0.1) is 0 Å². The second-order valence-electron chi connectivity index (χ2n) is 3.43. The number of pyridine rings is 2. The van der Waals surface area contributed by atoms with E-state index in [2.05, 4.69) is 10.1 Å². The standard InChI is InChI=1S/C12H8ClN3/c13-12-6-3-4-10(15-12)9-8-14-16-7-2-1-5-11(9)16/h1-8H. The molecule has 0 unspecified atom stereocenters. The van der Waals surface area contributed by atoms with Gasteiger partial charge in [0.1, 0.15) is 5.15 Å². The van der Waals surface area contributed by atoms with Gasteiger partial charge in [0, 0.05) is 11.8 Å². The molecular weight excluding hydrogens is 222 g/mol. The lowest BCUT2D eigenvalue weighted by Gasteiger charge is -1.98. The lowest BCUT2D eigenvalue weighted by molar-refractivity contribution is 0.961. The summed E-state index contributed by atoms with van der Waals surface area (Å²) in [5, 5.41) is 4.75. The second kappa shape index (κ2) is 3.61. The molecule has 0 spiro atoms. The Bertz CT molecular complexity index is 645. The summed E-state index contributed by atoms with van der Waals surface area (Å²) in [6.07, 6.45) is 3.71. The summed E-state index contributed by atoms with van der Waals surface area (Å²) in [6.45, 7) is 0. The number of aromatic nitrogens is 3. The third-order valence-electron chi connectivity index (χ3n) is 2.42. The summed E-state index contributed by atoms with van der Waals surface area (Å²) in [5.41, 5.74) is 2.86. The van der Waals surface area contributed by atoms with E-state index in [9.17, 15) is 0 Å². The Hall–Kier alpha value is -1.87. The van der Waals surface area contributed by atoms with E-state index < -0.39 is 0 Å². The number of rotatable bonds is 1. The molecule has 3 heterocycles. The van der Waals surface area contributed by atoms with E-state index in [-0.39, 0.29) is 0 Å². The molecule has 78 valence electrons. The summed E-state index contributed by atoms with van der Waals surface area (Å²) >= 11 is 5.87. The molecule has 0 atom stereocenters. The quantitative estimate of drug-likeness (QED) is 0.601. The van der Waals surface area contributed by atoms with E-state index in [1.807, 2.05) is 41.0 Å². The van der Waals surface area contributed by atoms with Crippen LogP contribution < -0.4 is 0 Å². The average molecular weight is 230 g/mol. The molecule has 0 radical (unpaired) electrons. The first-order chi connectivity index (χ1) is 7.84. The van der Waals surface area contributed by atoms with Crippen LogP contribution in [-0.2, 0) is 0 Å². The molecule has 16 heavy (non-hydrogen) atoms. The number of fused-ring (bicyclic) bond motifs is 1. The SMILES string of the molecule is Clc1cccc(-c2cnn3ccccc23)n1. The normalized spacial score (nSPS) is 10.8. The Balaban J connectivity index is 2.26. The van der Waals surface area contributed by atoms with Gasteiger partial charge in [0.05, 0.1) is 17.4 Å². The van der Waals surface area contributed by atoms with Gasteiger partial charge in [-0.2, -0.15) is 5.10 Å². The van der Waals surface area contributed by atoms with Crippen molar-refractivity contribution >= 4 is 17.1 Å². The van der Waals surface area contributed by atoms with E-state index >= 15 is 0 Å². The minimum Gasteiger partial charge on any atom is -0.240 e. The molecule has 3 rings (SSSR count). The summed E-state index contributed by atoms with van der Waals surface area (Å²) in [6, 6.07) is 11.5. The van der Waals surface area contributed by atoms with Crippen LogP contribution in [0.15, 0.2) is 48.8 Å². The maximum atomic E-state index is 5.87. The van der Waals surface area contributed by atoms with Gasteiger partial charge in [-0.15, -0.1) is 0 Å². The first-order valence-electron chi connectivity index (χ1n) is 4.90. The Labute approximate surface area is 97.3 Å². The molecule has 0 aliphatic carbocycles. The topological polar surface area (TPSA) is 30.2 Å². The third kappa shape index (κ3) is 1.46. The summed E-state index contributed by atoms with van der Waals surface area (Å²) < 4.78 is 1.82. The monoisotopic (exact) mass is 229 g/mol. The molecule has 0 aliphatic rings. The lowest BCUT2D eigenvalue weighted by Crippen LogP contribution is -1.85. The minimum atomic E-state index is 0.493. The van der Waals surface area contributed by atoms with Crippen molar-refractivity contribution in [2.75, 3.05) is 0 Å². The Morgan fingerprint density at radius 3 is 2.88 bits per heavy atom. The van der Waals surface area contributed by atoms with E-state index in [4.69, 9.17) is 11.6 Å². The average Bonchev–Trinajstić information content (AvgIpc) is 2.72. The molecule has 0 aromatic carbocycles. The lowest BCUT2D eigenvalue weighted by atomic mass is 10.2. The largest absolute Gasteiger partial charge is 0.240 e. The zero-order valence-electron chi connectivity index (χ0n) is 8.34. The van der Waals surface area contributed by atoms with Gasteiger partial charge >= 0.3 is 0 Å². The maximum absolute atomic E-state index is 5.87. The van der Waals surface area contributed by atoms with Crippen LogP contribution >= 0.6 is 11.6 Å². The highest BCUT2D eigenvalue weighted by Crippen LogP contribution is 2.23. The van der Waals surface area contributed by atoms with Gasteiger partial charge in [-0.25, -0.2) is 9.50 Å². The van der Waals surface area contributed by atoms with Crippen molar-refractivity contribution in [2.45, 2.75) is 0 Å². The van der Waals surface area contributed by atoms with Gasteiger partial charge < -0.3 is 0 Å². The van der Waals surface area contributed by atoms with Crippen molar-refractivity contribution in [3.05, 3.63) is 53.9 Å². The molecule has 0 aliphatic heterocycles. The second-order valence-corrected chi connectivity index (χ2v) is 3.82. The highest BCUT2D eigenvalue weighted by molar-refractivity contribution is 6.29. The van der Waals surface area contributed by atoms with Crippen LogP contribution in [0.1, 0.15) is 0 Å². The predicted molar refractivity (Wildman–Crippen MR) is 63.4 cm³/mol. The van der Waals surface area contributed by atoms with Crippen LogP contribution in [0.5, 0.6) is 0 Å². The zero-order valence-corrected chi connectivity index (χ0v) is 9.09. The van der Waals surface area contributed by atoms with Crippen molar-refractivity contribution in [3.63, 3.8) is 0 Å². The molecule has 3 aromatic rings. The van der Waals surface area contributed by atoms with Crippen LogP contribution in [0.2, 0.25) is 5.15 Å². The number of hydrogen-bond donors (Lipinski definition) is 0. The van der Waals surface area contributed by atoms with Crippen LogP contribution in [0.4, 0.5) is 0 Å². The van der Waals surface area contributed by atoms with Gasteiger partial charge in [0.2, 0.25) is 0 Å². The summed E-state index contributed by atoms with van der Waals surface area (Å²) in [7, 11) is 0. The van der Waals surface area contributed by atoms with Crippen molar-refractivity contribution in [1.29, 1.82) is 0 Å². The van der Waals surface area contributed by atoms with Gasteiger partial charge in [-0.3, -0.25) is 0 Å². The van der Waals surface area contributed by atoms with Crippen LogP contribution in [0.3, 0.4) is 0 Å². The third-order valence-corrected chi connectivity index (χ3v) is 2.63. The van der Waals surface area contributed by atoms with Gasteiger partial charge in [0.25, 0.3) is 0 Å². The van der Waals surface area contributed by atoms with Crippen molar-refractivity contribution < 1.29 is 0 Å². The molecule has 4 heteroatoms. The van der Waals surface area contributed by atoms with Gasteiger partial charge in [-0.05, 0) is 24.3 Å². The first kappa shape index (κ1) is 9.36. The molecule has 3 aromatic heterocycles. The number of halogens is 1. The molecule has 0 amide bonds. The molecule has 0 N–H and O–H groups in total. The summed E-state index contributed by atoms with van der Waals surface area (Å²) in [5.74, 6) is 0. The van der Waals surface area contributed by atoms with E-state index in [1.165, 1.54) is 0 Å². The van der Waals surface area contributed by atoms with E-state index in [1.54, 1.807) is 12.3 Å². The van der Waals surface area contributed by atoms with Gasteiger partial charge in [-0.1, -0.05) is 23.7 Å². The molecule has 0 fully saturated rings. The van der Waals surface area contributed by atoms with Crippen LogP contribution in [-0.4, -0.2) is 14.6 Å². The molecule has 0 bridgehead atoms. The van der Waals surface area contributed by atoms with Gasteiger partial charge in [0.15, 0.2) is 0 Å². The van der Waals surface area contributed by atoms with Crippen molar-refractivity contribution in [1.82, 2.24) is 14.6 Å². The Morgan fingerprint density at radius 1 is 1.06 bits per heavy atom. The van der Waals surface area contributed by atoms with E-state index in [0.717, 1.165) is 16.8 Å². The predicted octanol–water partition coefficient (Wildman–Crippen LogP) is 3.05. The Morgan fingerprint density at radius 2 is 2.00 bits per heavy atom. The fourth-order valence-electron chi connectivity index (χ4n) is 1.69. The maximum Gasteiger partial charge on any atom is 0.129 e. The fourth-order valence-corrected chi connectivity index (χ4v) is 1.85.